The first-order valence-electron chi connectivity index (χ1n) is 3.12. The number of ether oxygens (including phenoxy) is 1. The Hall–Kier alpha value is 0.123. The van der Waals surface area contributed by atoms with Gasteiger partial charge < -0.3 is 4.74 Å². The van der Waals surface area contributed by atoms with E-state index in [9.17, 15) is 0 Å². The van der Waals surface area contributed by atoms with Crippen molar-refractivity contribution in [2.45, 2.75) is 6.92 Å². The fourth-order valence-electron chi connectivity index (χ4n) is 0.729. The molecule has 1 nitrogen and oxygen atoms in total. The molecule has 0 aliphatic heterocycles. The van der Waals surface area contributed by atoms with Gasteiger partial charge in [0.25, 0.3) is 0 Å². The third-order valence-corrected chi connectivity index (χ3v) is 1.24. The molecule has 1 aromatic rings. The van der Waals surface area contributed by atoms with Crippen LogP contribution in [-0.4, -0.2) is 7.11 Å². The minimum atomic E-state index is 0.925. The van der Waals surface area contributed by atoms with Crippen LogP contribution < -0.4 is 4.74 Å². The van der Waals surface area contributed by atoms with Gasteiger partial charge in [-0.05, 0) is 0 Å². The molecule has 0 heterocycles. The van der Waals surface area contributed by atoms with Crippen LogP contribution in [0.1, 0.15) is 5.56 Å². The van der Waals surface area contributed by atoms with E-state index >= 15 is 0 Å². The average Bonchev–Trinajstić information content (AvgIpc) is 2.09. The zero-order valence-corrected chi connectivity index (χ0v) is 11.3. The molecule has 3 heteroatoms. The van der Waals surface area contributed by atoms with Crippen LogP contribution in [0.4, 0.5) is 0 Å². The SMILES string of the molecule is COc1cc[c-]cc1C.[Zn+][Br]. The topological polar surface area (TPSA) is 9.23 Å². The Bertz CT molecular complexity index is 203. The van der Waals surface area contributed by atoms with Crippen molar-refractivity contribution in [1.82, 2.24) is 0 Å². The molecule has 1 rings (SSSR count). The molecule has 0 saturated heterocycles. The molecule has 0 aromatic heterocycles. The zero-order chi connectivity index (χ0) is 8.69. The summed E-state index contributed by atoms with van der Waals surface area (Å²) in [5, 5.41) is 0. The Morgan fingerprint density at radius 2 is 2.18 bits per heavy atom. The molecule has 11 heavy (non-hydrogen) atoms. The zero-order valence-electron chi connectivity index (χ0n) is 6.73. The number of benzene rings is 1. The summed E-state index contributed by atoms with van der Waals surface area (Å²) in [6.45, 7) is 2.00. The monoisotopic (exact) mass is 264 g/mol. The van der Waals surface area contributed by atoms with Gasteiger partial charge in [0.05, 0.1) is 7.11 Å². The molecule has 56 valence electrons. The summed E-state index contributed by atoms with van der Waals surface area (Å²) in [7, 11) is 1.67. The van der Waals surface area contributed by atoms with E-state index < -0.39 is 0 Å². The Balaban J connectivity index is 0.000000461. The molecule has 1 aromatic carbocycles. The van der Waals surface area contributed by atoms with Crippen LogP contribution in [0.25, 0.3) is 0 Å². The van der Waals surface area contributed by atoms with Crippen molar-refractivity contribution in [2.24, 2.45) is 0 Å². The first-order chi connectivity index (χ1) is 5.34. The molecule has 0 aliphatic carbocycles. The van der Waals surface area contributed by atoms with E-state index in [0.29, 0.717) is 0 Å². The second kappa shape index (κ2) is 6.81. The van der Waals surface area contributed by atoms with E-state index in [1.54, 1.807) is 7.11 Å². The molecule has 0 amide bonds. The molecule has 0 radical (unpaired) electrons. The number of hydrogen-bond acceptors (Lipinski definition) is 1. The molecular formula is C8H9BrOZn. The van der Waals surface area contributed by atoms with Crippen molar-refractivity contribution < 1.29 is 21.1 Å². The molecule has 0 fully saturated rings. The van der Waals surface area contributed by atoms with E-state index in [1.165, 1.54) is 16.3 Å². The predicted molar refractivity (Wildman–Crippen MR) is 45.5 cm³/mol. The first-order valence-corrected chi connectivity index (χ1v) is 10.1. The van der Waals surface area contributed by atoms with E-state index in [1.807, 2.05) is 25.1 Å². The predicted octanol–water partition coefficient (Wildman–Crippen LogP) is 2.65. The summed E-state index contributed by atoms with van der Waals surface area (Å²) < 4.78 is 5.02. The standard InChI is InChI=1S/C8H9O.BrH.Zn/c1-7-5-3-4-6-8(7)9-2;;/h4-6H,1-2H3;1H;/q-1;;+2/p-1. The number of halogens is 1. The second-order valence-electron chi connectivity index (χ2n) is 1.90. The van der Waals surface area contributed by atoms with Crippen LogP contribution in [0.15, 0.2) is 18.2 Å². The number of methoxy groups -OCH3 is 1. The Morgan fingerprint density at radius 3 is 2.55 bits per heavy atom. The summed E-state index contributed by atoms with van der Waals surface area (Å²) in [4.78, 5) is 0. The summed E-state index contributed by atoms with van der Waals surface area (Å²) >= 11 is 4.25. The molecule has 0 unspecified atom stereocenters. The van der Waals surface area contributed by atoms with Crippen LogP contribution in [0.5, 0.6) is 5.75 Å². The second-order valence-corrected chi connectivity index (χ2v) is 1.90. The van der Waals surface area contributed by atoms with Gasteiger partial charge in [0.2, 0.25) is 0 Å². The summed E-state index contributed by atoms with van der Waals surface area (Å²) in [5.41, 5.74) is 1.12. The Labute approximate surface area is 84.2 Å². The summed E-state index contributed by atoms with van der Waals surface area (Å²) in [6.07, 6.45) is 0. The van der Waals surface area contributed by atoms with Gasteiger partial charge >= 0.3 is 30.0 Å². The van der Waals surface area contributed by atoms with Gasteiger partial charge in [-0.25, -0.2) is 0 Å². The maximum atomic E-state index is 5.02. The van der Waals surface area contributed by atoms with Crippen LogP contribution in [0.2, 0.25) is 0 Å². The van der Waals surface area contributed by atoms with Crippen molar-refractivity contribution in [3.05, 3.63) is 29.8 Å². The van der Waals surface area contributed by atoms with Crippen LogP contribution >= 0.6 is 13.6 Å². The fourth-order valence-corrected chi connectivity index (χ4v) is 0.729. The Morgan fingerprint density at radius 1 is 1.55 bits per heavy atom. The average molecular weight is 266 g/mol. The van der Waals surface area contributed by atoms with Gasteiger partial charge in [-0.15, -0.1) is 11.6 Å². The van der Waals surface area contributed by atoms with Gasteiger partial charge in [-0.3, -0.25) is 0 Å². The molecule has 0 spiro atoms. The van der Waals surface area contributed by atoms with E-state index in [0.717, 1.165) is 11.3 Å². The molecule has 0 N–H and O–H groups in total. The molecule has 0 atom stereocenters. The van der Waals surface area contributed by atoms with E-state index in [2.05, 4.69) is 19.7 Å². The quantitative estimate of drug-likeness (QED) is 0.561. The van der Waals surface area contributed by atoms with Crippen molar-refractivity contribution >= 4 is 13.6 Å². The number of hydrogen-bond donors (Lipinski definition) is 0. The van der Waals surface area contributed by atoms with Gasteiger partial charge in [-0.1, -0.05) is 6.92 Å². The van der Waals surface area contributed by atoms with Crippen molar-refractivity contribution in [3.63, 3.8) is 0 Å². The fraction of sp³-hybridized carbons (Fsp3) is 0.250. The van der Waals surface area contributed by atoms with Crippen LogP contribution in [0, 0.1) is 13.0 Å². The third kappa shape index (κ3) is 3.88. The van der Waals surface area contributed by atoms with Crippen LogP contribution in [-0.2, 0) is 16.3 Å². The molecule has 0 aliphatic rings. The summed E-state index contributed by atoms with van der Waals surface area (Å²) in [5.74, 6) is 0.925. The minimum absolute atomic E-state index is 0.925. The first kappa shape index (κ1) is 11.1. The Kier molecular flexibility index (Phi) is 6.89. The molecular weight excluding hydrogens is 257 g/mol. The summed E-state index contributed by atoms with van der Waals surface area (Å²) in [6, 6.07) is 8.59. The molecule has 0 saturated carbocycles. The van der Waals surface area contributed by atoms with Crippen molar-refractivity contribution in [3.8, 4) is 5.75 Å². The van der Waals surface area contributed by atoms with Gasteiger partial charge in [-0.2, -0.15) is 18.2 Å². The van der Waals surface area contributed by atoms with Crippen molar-refractivity contribution in [2.75, 3.05) is 7.11 Å². The number of aryl methyl sites for hydroxylation is 1. The normalized spacial score (nSPS) is 8.09. The van der Waals surface area contributed by atoms with Crippen molar-refractivity contribution in [1.29, 1.82) is 0 Å². The van der Waals surface area contributed by atoms with E-state index in [4.69, 9.17) is 4.74 Å². The van der Waals surface area contributed by atoms with Gasteiger partial charge in [0.1, 0.15) is 0 Å². The maximum absolute atomic E-state index is 5.02. The van der Waals surface area contributed by atoms with Gasteiger partial charge in [0.15, 0.2) is 0 Å². The third-order valence-electron chi connectivity index (χ3n) is 1.24. The molecule has 0 bridgehead atoms. The van der Waals surface area contributed by atoms with E-state index in [-0.39, 0.29) is 0 Å². The van der Waals surface area contributed by atoms with Gasteiger partial charge in [0, 0.05) is 5.75 Å². The van der Waals surface area contributed by atoms with Crippen LogP contribution in [0.3, 0.4) is 0 Å². The number of rotatable bonds is 1.